The Hall–Kier alpha value is -2.77. The van der Waals surface area contributed by atoms with Crippen molar-refractivity contribution in [1.29, 1.82) is 0 Å². The van der Waals surface area contributed by atoms with E-state index in [2.05, 4.69) is 14.7 Å². The fraction of sp³-hybridized carbons (Fsp3) is 0.0476. The van der Waals surface area contributed by atoms with Gasteiger partial charge in [0.25, 0.3) is 0 Å². The highest BCUT2D eigenvalue weighted by Gasteiger charge is 2.14. The Kier molecular flexibility index (Phi) is 5.36. The molecular formula is C21H15F2N3S2. The van der Waals surface area contributed by atoms with Gasteiger partial charge in [0.2, 0.25) is 0 Å². The third kappa shape index (κ3) is 4.05. The molecule has 0 spiro atoms. The molecule has 140 valence electrons. The predicted octanol–water partition coefficient (Wildman–Crippen LogP) is 6.58. The Labute approximate surface area is 169 Å². The number of nitrogens with zero attached hydrogens (tertiary/aromatic N) is 2. The summed E-state index contributed by atoms with van der Waals surface area (Å²) in [5.74, 6) is -0.935. The lowest BCUT2D eigenvalue weighted by Crippen LogP contribution is -1.91. The summed E-state index contributed by atoms with van der Waals surface area (Å²) in [6.45, 7) is 1.98. The number of nitrogens with one attached hydrogen (secondary N) is 1. The van der Waals surface area contributed by atoms with Crippen LogP contribution in [0.15, 0.2) is 71.9 Å². The van der Waals surface area contributed by atoms with Gasteiger partial charge in [0.1, 0.15) is 11.6 Å². The number of hydrogen-bond donors (Lipinski definition) is 1. The molecule has 0 unspecified atom stereocenters. The molecule has 0 aliphatic carbocycles. The van der Waals surface area contributed by atoms with Gasteiger partial charge >= 0.3 is 0 Å². The third-order valence-electron chi connectivity index (χ3n) is 3.98. The molecule has 28 heavy (non-hydrogen) atoms. The summed E-state index contributed by atoms with van der Waals surface area (Å²) >= 11 is 2.65. The van der Waals surface area contributed by atoms with Crippen molar-refractivity contribution in [2.45, 2.75) is 11.8 Å². The first-order chi connectivity index (χ1) is 13.6. The lowest BCUT2D eigenvalue weighted by atomic mass is 10.1. The van der Waals surface area contributed by atoms with Crippen LogP contribution in [0.25, 0.3) is 21.7 Å². The SMILES string of the molecule is Cc1nc(-c2ccncc2)c(-c2cccc(NSc3cc(F)ccc3F)c2)s1. The number of pyridine rings is 1. The van der Waals surface area contributed by atoms with Crippen molar-refractivity contribution in [2.75, 3.05) is 4.72 Å². The maximum atomic E-state index is 13.8. The van der Waals surface area contributed by atoms with E-state index in [0.29, 0.717) is 0 Å². The minimum Gasteiger partial charge on any atom is -0.326 e. The third-order valence-corrected chi connectivity index (χ3v) is 5.88. The van der Waals surface area contributed by atoms with Gasteiger partial charge in [0.15, 0.2) is 0 Å². The van der Waals surface area contributed by atoms with Crippen LogP contribution >= 0.6 is 23.3 Å². The minimum absolute atomic E-state index is 0.205. The molecule has 0 fully saturated rings. The summed E-state index contributed by atoms with van der Waals surface area (Å²) < 4.78 is 30.3. The van der Waals surface area contributed by atoms with Crippen molar-refractivity contribution < 1.29 is 8.78 Å². The highest BCUT2D eigenvalue weighted by molar-refractivity contribution is 8.00. The molecule has 2 aromatic heterocycles. The molecule has 0 radical (unpaired) electrons. The van der Waals surface area contributed by atoms with Crippen LogP contribution in [0.2, 0.25) is 0 Å². The van der Waals surface area contributed by atoms with Crippen LogP contribution in [-0.2, 0) is 0 Å². The summed E-state index contributed by atoms with van der Waals surface area (Å²) in [6.07, 6.45) is 3.49. The van der Waals surface area contributed by atoms with Crippen molar-refractivity contribution in [3.8, 4) is 21.7 Å². The number of thiazole rings is 1. The van der Waals surface area contributed by atoms with E-state index in [-0.39, 0.29) is 4.90 Å². The molecular weight excluding hydrogens is 396 g/mol. The second kappa shape index (κ2) is 8.08. The van der Waals surface area contributed by atoms with Crippen LogP contribution < -0.4 is 4.72 Å². The highest BCUT2D eigenvalue weighted by atomic mass is 32.2. The number of aromatic nitrogens is 2. The second-order valence-electron chi connectivity index (χ2n) is 6.01. The second-order valence-corrected chi connectivity index (χ2v) is 8.06. The van der Waals surface area contributed by atoms with Crippen LogP contribution in [0.3, 0.4) is 0 Å². The molecule has 0 saturated carbocycles. The lowest BCUT2D eigenvalue weighted by Gasteiger charge is -2.09. The van der Waals surface area contributed by atoms with Crippen molar-refractivity contribution in [3.05, 3.63) is 83.6 Å². The summed E-state index contributed by atoms with van der Waals surface area (Å²) in [5, 5.41) is 0.969. The molecule has 2 heterocycles. The molecule has 7 heteroatoms. The monoisotopic (exact) mass is 411 g/mol. The van der Waals surface area contributed by atoms with Crippen molar-refractivity contribution in [3.63, 3.8) is 0 Å². The van der Waals surface area contributed by atoms with E-state index in [0.717, 1.165) is 56.5 Å². The van der Waals surface area contributed by atoms with Gasteiger partial charge in [-0.05, 0) is 66.9 Å². The lowest BCUT2D eigenvalue weighted by molar-refractivity contribution is 0.577. The van der Waals surface area contributed by atoms with Crippen LogP contribution in [-0.4, -0.2) is 9.97 Å². The van der Waals surface area contributed by atoms with Crippen LogP contribution in [0.4, 0.5) is 14.5 Å². The molecule has 0 aliphatic heterocycles. The maximum Gasteiger partial charge on any atom is 0.138 e. The molecule has 4 aromatic rings. The fourth-order valence-electron chi connectivity index (χ4n) is 2.72. The number of halogens is 2. The fourth-order valence-corrected chi connectivity index (χ4v) is 4.35. The summed E-state index contributed by atoms with van der Waals surface area (Å²) in [7, 11) is 0. The minimum atomic E-state index is -0.471. The standard InChI is InChI=1S/C21H15F2N3S2/c1-13-25-20(14-7-9-24-10-8-14)21(27-13)15-3-2-4-17(11-15)26-28-19-12-16(22)5-6-18(19)23/h2-12,26H,1H3. The molecule has 0 aliphatic rings. The summed E-state index contributed by atoms with van der Waals surface area (Å²) in [6, 6.07) is 15.1. The van der Waals surface area contributed by atoms with Crippen LogP contribution in [0, 0.1) is 18.6 Å². The molecule has 0 amide bonds. The number of aryl methyl sites for hydroxylation is 1. The summed E-state index contributed by atoms with van der Waals surface area (Å²) in [4.78, 5) is 10.00. The molecule has 3 nitrogen and oxygen atoms in total. The smallest absolute Gasteiger partial charge is 0.138 e. The van der Waals surface area contributed by atoms with Crippen molar-refractivity contribution in [1.82, 2.24) is 9.97 Å². The van der Waals surface area contributed by atoms with Gasteiger partial charge in [-0.25, -0.2) is 13.8 Å². The first-order valence-electron chi connectivity index (χ1n) is 8.46. The molecule has 4 rings (SSSR count). The Morgan fingerprint density at radius 1 is 0.964 bits per heavy atom. The van der Waals surface area contributed by atoms with Gasteiger partial charge in [0, 0.05) is 23.6 Å². The molecule has 0 atom stereocenters. The highest BCUT2D eigenvalue weighted by Crippen LogP contribution is 2.37. The summed E-state index contributed by atoms with van der Waals surface area (Å²) in [5.41, 5.74) is 3.70. The Balaban J connectivity index is 1.62. The van der Waals surface area contributed by atoms with E-state index in [1.165, 1.54) is 6.07 Å². The molecule has 1 N–H and O–H groups in total. The van der Waals surface area contributed by atoms with Crippen LogP contribution in [0.1, 0.15) is 5.01 Å². The van der Waals surface area contributed by atoms with Gasteiger partial charge in [-0.2, -0.15) is 0 Å². The quantitative estimate of drug-likeness (QED) is 0.377. The molecule has 0 bridgehead atoms. The number of benzene rings is 2. The van der Waals surface area contributed by atoms with E-state index in [1.54, 1.807) is 23.7 Å². The number of hydrogen-bond acceptors (Lipinski definition) is 5. The van der Waals surface area contributed by atoms with Gasteiger partial charge in [-0.15, -0.1) is 11.3 Å². The van der Waals surface area contributed by atoms with E-state index in [1.807, 2.05) is 43.3 Å². The maximum absolute atomic E-state index is 13.8. The predicted molar refractivity (Wildman–Crippen MR) is 111 cm³/mol. The molecule has 0 saturated heterocycles. The Morgan fingerprint density at radius 3 is 2.61 bits per heavy atom. The van der Waals surface area contributed by atoms with E-state index in [4.69, 9.17) is 0 Å². The van der Waals surface area contributed by atoms with E-state index < -0.39 is 11.6 Å². The Morgan fingerprint density at radius 2 is 1.79 bits per heavy atom. The number of anilines is 1. The molecule has 2 aromatic carbocycles. The van der Waals surface area contributed by atoms with Gasteiger partial charge < -0.3 is 4.72 Å². The van der Waals surface area contributed by atoms with Gasteiger partial charge in [-0.1, -0.05) is 12.1 Å². The van der Waals surface area contributed by atoms with Gasteiger partial charge in [0.05, 0.1) is 20.5 Å². The van der Waals surface area contributed by atoms with Gasteiger partial charge in [-0.3, -0.25) is 4.98 Å². The van der Waals surface area contributed by atoms with Crippen LogP contribution in [0.5, 0.6) is 0 Å². The average molecular weight is 412 g/mol. The van der Waals surface area contributed by atoms with E-state index >= 15 is 0 Å². The topological polar surface area (TPSA) is 37.8 Å². The average Bonchev–Trinajstić information content (AvgIpc) is 3.11. The van der Waals surface area contributed by atoms with Crippen molar-refractivity contribution >= 4 is 29.0 Å². The zero-order chi connectivity index (χ0) is 19.5. The normalized spacial score (nSPS) is 10.8. The van der Waals surface area contributed by atoms with E-state index in [9.17, 15) is 8.78 Å². The number of rotatable bonds is 5. The zero-order valence-corrected chi connectivity index (χ0v) is 16.5. The van der Waals surface area contributed by atoms with Crippen molar-refractivity contribution in [2.24, 2.45) is 0 Å². The largest absolute Gasteiger partial charge is 0.326 e. The first-order valence-corrected chi connectivity index (χ1v) is 10.1. The Bertz CT molecular complexity index is 1110. The zero-order valence-electron chi connectivity index (χ0n) is 14.8. The first kappa shape index (κ1) is 18.6.